The molecule has 1 saturated carbocycles. The summed E-state index contributed by atoms with van der Waals surface area (Å²) in [6.45, 7) is 0. The number of nitrogens with one attached hydrogen (secondary N) is 1. The first-order valence-electron chi connectivity index (χ1n) is 4.00. The third kappa shape index (κ3) is 1.04. The maximum absolute atomic E-state index is 11.0. The number of rotatable bonds is 1. The van der Waals surface area contributed by atoms with Gasteiger partial charge < -0.3 is 10.1 Å². The first-order chi connectivity index (χ1) is 5.29. The fourth-order valence-corrected chi connectivity index (χ4v) is 1.99. The lowest BCUT2D eigenvalue weighted by Crippen LogP contribution is -2.20. The van der Waals surface area contributed by atoms with E-state index in [0.29, 0.717) is 0 Å². The zero-order valence-corrected chi connectivity index (χ0v) is 6.25. The quantitative estimate of drug-likeness (QED) is 0.451. The Bertz CT molecular complexity index is 202. The molecule has 0 aromatic heterocycles. The van der Waals surface area contributed by atoms with Crippen LogP contribution in [0.1, 0.15) is 19.3 Å². The molecule has 60 valence electrons. The Kier molecular flexibility index (Phi) is 1.44. The summed E-state index contributed by atoms with van der Waals surface area (Å²) < 4.78 is 5.08. The predicted molar refractivity (Wildman–Crippen MR) is 39.5 cm³/mol. The molecule has 1 saturated heterocycles. The molecule has 1 heterocycles. The maximum atomic E-state index is 11.0. The van der Waals surface area contributed by atoms with Gasteiger partial charge in [-0.25, -0.2) is 0 Å². The van der Waals surface area contributed by atoms with Crippen molar-refractivity contribution in [1.82, 2.24) is 0 Å². The minimum Gasteiger partial charge on any atom is -0.462 e. The van der Waals surface area contributed by atoms with Gasteiger partial charge in [-0.05, 0) is 31.4 Å². The molecule has 3 unspecified atom stereocenters. The highest BCUT2D eigenvalue weighted by molar-refractivity contribution is 5.76. The SMILES string of the molecule is N=CC1CC2CC(C1)C(=O)O2. The summed E-state index contributed by atoms with van der Waals surface area (Å²) in [4.78, 5) is 11.0. The lowest BCUT2D eigenvalue weighted by molar-refractivity contribution is -0.143. The van der Waals surface area contributed by atoms with Gasteiger partial charge in [-0.3, -0.25) is 4.79 Å². The topological polar surface area (TPSA) is 50.2 Å². The van der Waals surface area contributed by atoms with Crippen molar-refractivity contribution in [2.45, 2.75) is 25.4 Å². The first kappa shape index (κ1) is 6.83. The number of esters is 1. The van der Waals surface area contributed by atoms with E-state index in [9.17, 15) is 4.79 Å². The fourth-order valence-electron chi connectivity index (χ4n) is 1.99. The van der Waals surface area contributed by atoms with Crippen LogP contribution in [-0.2, 0) is 9.53 Å². The molecule has 0 aromatic carbocycles. The molecule has 11 heavy (non-hydrogen) atoms. The monoisotopic (exact) mass is 153 g/mol. The second-order valence-corrected chi connectivity index (χ2v) is 3.39. The summed E-state index contributed by atoms with van der Waals surface area (Å²) >= 11 is 0. The molecular weight excluding hydrogens is 142 g/mol. The van der Waals surface area contributed by atoms with Crippen LogP contribution in [0.4, 0.5) is 0 Å². The highest BCUT2D eigenvalue weighted by Crippen LogP contribution is 2.36. The zero-order chi connectivity index (χ0) is 7.84. The van der Waals surface area contributed by atoms with E-state index in [1.807, 2.05) is 0 Å². The van der Waals surface area contributed by atoms with E-state index < -0.39 is 0 Å². The Labute approximate surface area is 65.2 Å². The van der Waals surface area contributed by atoms with E-state index >= 15 is 0 Å². The van der Waals surface area contributed by atoms with E-state index in [0.717, 1.165) is 19.3 Å². The molecule has 1 aliphatic heterocycles. The van der Waals surface area contributed by atoms with Crippen molar-refractivity contribution in [3.8, 4) is 0 Å². The molecule has 3 nitrogen and oxygen atoms in total. The molecule has 1 N–H and O–H groups in total. The summed E-state index contributed by atoms with van der Waals surface area (Å²) in [5.74, 6) is 0.338. The summed E-state index contributed by atoms with van der Waals surface area (Å²) in [5.41, 5.74) is 0. The van der Waals surface area contributed by atoms with E-state index in [4.69, 9.17) is 10.1 Å². The summed E-state index contributed by atoms with van der Waals surface area (Å²) in [5, 5.41) is 7.08. The van der Waals surface area contributed by atoms with Crippen LogP contribution in [0.5, 0.6) is 0 Å². The largest absolute Gasteiger partial charge is 0.462 e. The number of hydrogen-bond acceptors (Lipinski definition) is 3. The third-order valence-corrected chi connectivity index (χ3v) is 2.55. The predicted octanol–water partition coefficient (Wildman–Crippen LogP) is 0.978. The van der Waals surface area contributed by atoms with Crippen LogP contribution in [0.3, 0.4) is 0 Å². The van der Waals surface area contributed by atoms with Gasteiger partial charge in [0.05, 0.1) is 5.92 Å². The smallest absolute Gasteiger partial charge is 0.309 e. The average molecular weight is 153 g/mol. The summed E-state index contributed by atoms with van der Waals surface area (Å²) in [6.07, 6.45) is 4.15. The standard InChI is InChI=1S/C8H11NO2/c9-4-5-1-6-3-7(2-5)11-8(6)10/h4-7,9H,1-3H2. The molecule has 0 aromatic rings. The highest BCUT2D eigenvalue weighted by Gasteiger charge is 2.40. The van der Waals surface area contributed by atoms with Gasteiger partial charge in [0, 0.05) is 0 Å². The number of carbonyl (C=O) groups is 1. The lowest BCUT2D eigenvalue weighted by atomic mass is 9.83. The minimum absolute atomic E-state index is 0.0423. The molecule has 3 atom stereocenters. The second kappa shape index (κ2) is 2.32. The van der Waals surface area contributed by atoms with Crippen LogP contribution in [0.2, 0.25) is 0 Å². The number of carbonyl (C=O) groups excluding carboxylic acids is 1. The molecule has 0 amide bonds. The van der Waals surface area contributed by atoms with Gasteiger partial charge in [0.25, 0.3) is 0 Å². The van der Waals surface area contributed by atoms with E-state index in [1.54, 1.807) is 0 Å². The van der Waals surface area contributed by atoms with Gasteiger partial charge in [-0.2, -0.15) is 0 Å². The van der Waals surface area contributed by atoms with Gasteiger partial charge in [0.15, 0.2) is 0 Å². The van der Waals surface area contributed by atoms with E-state index in [-0.39, 0.29) is 23.9 Å². The number of fused-ring (bicyclic) bond motifs is 2. The first-order valence-corrected chi connectivity index (χ1v) is 4.00. The van der Waals surface area contributed by atoms with E-state index in [1.165, 1.54) is 6.21 Å². The summed E-state index contributed by atoms with van der Waals surface area (Å²) in [7, 11) is 0. The van der Waals surface area contributed by atoms with Crippen LogP contribution < -0.4 is 0 Å². The third-order valence-electron chi connectivity index (χ3n) is 2.55. The van der Waals surface area contributed by atoms with Crippen molar-refractivity contribution < 1.29 is 9.53 Å². The second-order valence-electron chi connectivity index (χ2n) is 3.39. The van der Waals surface area contributed by atoms with Gasteiger partial charge in [0.2, 0.25) is 0 Å². The van der Waals surface area contributed by atoms with Gasteiger partial charge in [0.1, 0.15) is 6.10 Å². The molecule has 0 radical (unpaired) electrons. The lowest BCUT2D eigenvalue weighted by Gasteiger charge is -2.19. The van der Waals surface area contributed by atoms with Gasteiger partial charge in [-0.1, -0.05) is 0 Å². The minimum atomic E-state index is -0.0423. The van der Waals surface area contributed by atoms with Gasteiger partial charge >= 0.3 is 5.97 Å². The molecule has 2 aliphatic rings. The molecule has 2 rings (SSSR count). The Morgan fingerprint density at radius 3 is 2.91 bits per heavy atom. The normalized spacial score (nSPS) is 41.8. The van der Waals surface area contributed by atoms with Crippen molar-refractivity contribution in [2.24, 2.45) is 11.8 Å². The van der Waals surface area contributed by atoms with Crippen molar-refractivity contribution in [3.05, 3.63) is 0 Å². The molecule has 3 heteroatoms. The van der Waals surface area contributed by atoms with Crippen LogP contribution in [0.15, 0.2) is 0 Å². The molecular formula is C8H11NO2. The molecule has 1 aliphatic carbocycles. The fraction of sp³-hybridized carbons (Fsp3) is 0.750. The Balaban J connectivity index is 2.11. The number of ether oxygens (including phenoxy) is 1. The van der Waals surface area contributed by atoms with Crippen LogP contribution in [0, 0.1) is 17.2 Å². The zero-order valence-electron chi connectivity index (χ0n) is 6.25. The molecule has 2 fully saturated rings. The Morgan fingerprint density at radius 2 is 2.27 bits per heavy atom. The van der Waals surface area contributed by atoms with Crippen LogP contribution in [-0.4, -0.2) is 18.3 Å². The molecule has 2 bridgehead atoms. The highest BCUT2D eigenvalue weighted by atomic mass is 16.6. The molecule has 0 spiro atoms. The maximum Gasteiger partial charge on any atom is 0.309 e. The van der Waals surface area contributed by atoms with Crippen molar-refractivity contribution in [1.29, 1.82) is 5.41 Å². The van der Waals surface area contributed by atoms with Crippen molar-refractivity contribution in [3.63, 3.8) is 0 Å². The number of hydrogen-bond donors (Lipinski definition) is 1. The Morgan fingerprint density at radius 1 is 1.45 bits per heavy atom. The average Bonchev–Trinajstić information content (AvgIpc) is 2.26. The Hall–Kier alpha value is -0.860. The van der Waals surface area contributed by atoms with Crippen molar-refractivity contribution in [2.75, 3.05) is 0 Å². The summed E-state index contributed by atoms with van der Waals surface area (Å²) in [6, 6.07) is 0. The van der Waals surface area contributed by atoms with Crippen molar-refractivity contribution >= 4 is 12.2 Å². The van der Waals surface area contributed by atoms with Gasteiger partial charge in [-0.15, -0.1) is 0 Å². The van der Waals surface area contributed by atoms with Crippen LogP contribution >= 0.6 is 0 Å². The van der Waals surface area contributed by atoms with Crippen LogP contribution in [0.25, 0.3) is 0 Å². The van der Waals surface area contributed by atoms with E-state index in [2.05, 4.69) is 0 Å².